The van der Waals surface area contributed by atoms with Crippen LogP contribution in [0.5, 0.6) is 0 Å². The van der Waals surface area contributed by atoms with Crippen molar-refractivity contribution in [3.8, 4) is 5.92 Å². The third kappa shape index (κ3) is 7.45. The van der Waals surface area contributed by atoms with Crippen LogP contribution in [0.25, 0.3) is 0 Å². The first-order valence-electron chi connectivity index (χ1n) is 6.53. The first kappa shape index (κ1) is 23.5. The number of hydrogen-bond acceptors (Lipinski definition) is 3. The molecule has 1 aliphatic rings. The van der Waals surface area contributed by atoms with Gasteiger partial charge in [-0.05, 0) is 29.6 Å². The van der Waals surface area contributed by atoms with E-state index < -0.39 is 0 Å². The van der Waals surface area contributed by atoms with E-state index in [-0.39, 0.29) is 0 Å². The van der Waals surface area contributed by atoms with Crippen LogP contribution in [0.1, 0.15) is 40.2 Å². The zero-order valence-corrected chi connectivity index (χ0v) is 16.5. The van der Waals surface area contributed by atoms with Crippen molar-refractivity contribution in [3.05, 3.63) is 71.9 Å². The first-order valence-corrected chi connectivity index (χ1v) is 7.72. The van der Waals surface area contributed by atoms with E-state index in [0.717, 1.165) is 5.56 Å². The van der Waals surface area contributed by atoms with E-state index in [4.69, 9.17) is 20.3 Å². The Morgan fingerprint density at radius 1 is 0.773 bits per heavy atom. The Morgan fingerprint density at radius 2 is 1.05 bits per heavy atom. The fraction of sp³-hybridized carbons (Fsp3) is 0.278. The summed E-state index contributed by atoms with van der Waals surface area (Å²) in [6, 6.07) is 9.37. The Morgan fingerprint density at radius 3 is 1.23 bits per heavy atom. The van der Waals surface area contributed by atoms with Crippen LogP contribution in [0.4, 0.5) is 0 Å². The van der Waals surface area contributed by atoms with Crippen LogP contribution in [0.2, 0.25) is 0 Å². The molecule has 0 atom stereocenters. The molecule has 0 amide bonds. The molecule has 2 rings (SSSR count). The summed E-state index contributed by atoms with van der Waals surface area (Å²) < 4.78 is 8.33. The van der Waals surface area contributed by atoms with Gasteiger partial charge < -0.3 is 6.42 Å². The summed E-state index contributed by atoms with van der Waals surface area (Å²) in [5.74, 6) is 9.61. The molecule has 1 aromatic rings. The van der Waals surface area contributed by atoms with Crippen molar-refractivity contribution in [2.45, 2.75) is 34.6 Å². The molecule has 1 saturated carbocycles. The minimum atomic E-state index is 0.333. The van der Waals surface area contributed by atoms with Crippen molar-refractivity contribution >= 4 is 0 Å². The maximum atomic E-state index is 8.33. The van der Waals surface area contributed by atoms with Crippen molar-refractivity contribution < 1.29 is 33.7 Å². The number of hydrogen-bond donors (Lipinski definition) is 2. The monoisotopic (exact) mass is 470 g/mol. The van der Waals surface area contributed by atoms with Crippen LogP contribution < -0.4 is 0 Å². The number of rotatable bonds is 0. The van der Waals surface area contributed by atoms with Gasteiger partial charge in [0.15, 0.2) is 0 Å². The first-order chi connectivity index (χ1) is 10.5. The van der Waals surface area contributed by atoms with Crippen LogP contribution in [0.15, 0.2) is 30.3 Å². The second-order valence-electron chi connectivity index (χ2n) is 4.62. The van der Waals surface area contributed by atoms with E-state index >= 15 is 0 Å². The zero-order valence-electron chi connectivity index (χ0n) is 13.6. The summed E-state index contributed by atoms with van der Waals surface area (Å²) in [6.45, 7) is 11.0. The molecule has 4 heteroatoms. The van der Waals surface area contributed by atoms with Crippen molar-refractivity contribution in [2.75, 3.05) is 0 Å². The molecule has 119 valence electrons. The molecule has 0 unspecified atom stereocenters. The molecule has 5 radical (unpaired) electrons. The summed E-state index contributed by atoms with van der Waals surface area (Å²) in [5.41, 5.74) is 0.826. The summed E-state index contributed by atoms with van der Waals surface area (Å²) in [6.07, 6.45) is 6.69. The summed E-state index contributed by atoms with van der Waals surface area (Å²) in [5, 5.41) is 12.0. The van der Waals surface area contributed by atoms with E-state index in [2.05, 4.69) is 40.5 Å². The molecular formula is C18H22O3W-. The standard InChI is InChI=1S/C10H15.C8H5.H2O2.O.W/c1-6-7(2)9(4)10(5)8(6)3;1-2-8-6-4-3-5-7-8;1-2;;/h1-5H3;3-7H;1-2H;;/q;-1;;;. The molecule has 1 fully saturated rings. The summed E-state index contributed by atoms with van der Waals surface area (Å²) in [7, 11) is 0. The van der Waals surface area contributed by atoms with Gasteiger partial charge >= 0.3 is 23.2 Å². The van der Waals surface area contributed by atoms with Gasteiger partial charge in [0.1, 0.15) is 0 Å². The van der Waals surface area contributed by atoms with Crippen LogP contribution in [0, 0.1) is 41.9 Å². The third-order valence-corrected chi connectivity index (χ3v) is 3.73. The van der Waals surface area contributed by atoms with Gasteiger partial charge in [-0.15, -0.1) is 17.7 Å². The Bertz CT molecular complexity index is 371. The summed E-state index contributed by atoms with van der Waals surface area (Å²) in [4.78, 5) is 0. The van der Waals surface area contributed by atoms with E-state index in [1.165, 1.54) is 29.6 Å². The average molecular weight is 470 g/mol. The van der Waals surface area contributed by atoms with Gasteiger partial charge in [0.2, 0.25) is 0 Å². The minimum absolute atomic E-state index is 0.333. The van der Waals surface area contributed by atoms with Crippen LogP contribution in [-0.4, -0.2) is 10.5 Å². The predicted octanol–water partition coefficient (Wildman–Crippen LogP) is 4.49. The quantitative estimate of drug-likeness (QED) is 0.254. The van der Waals surface area contributed by atoms with Crippen molar-refractivity contribution in [2.24, 2.45) is 0 Å². The van der Waals surface area contributed by atoms with Crippen molar-refractivity contribution in [1.82, 2.24) is 0 Å². The van der Waals surface area contributed by atoms with E-state index in [1.54, 1.807) is 0 Å². The fourth-order valence-electron chi connectivity index (χ4n) is 1.93. The van der Waals surface area contributed by atoms with Crippen LogP contribution in [0.3, 0.4) is 0 Å². The molecule has 22 heavy (non-hydrogen) atoms. The topological polar surface area (TPSA) is 57.5 Å². The molecule has 0 aliphatic heterocycles. The van der Waals surface area contributed by atoms with Gasteiger partial charge in [0.05, 0.1) is 0 Å². The van der Waals surface area contributed by atoms with Gasteiger partial charge in [-0.2, -0.15) is 0 Å². The molecule has 0 heterocycles. The molecule has 3 nitrogen and oxygen atoms in total. The Balaban J connectivity index is 0. The van der Waals surface area contributed by atoms with Gasteiger partial charge in [0, 0.05) is 0 Å². The van der Waals surface area contributed by atoms with E-state index in [1.807, 2.05) is 30.3 Å². The average Bonchev–Trinajstić information content (AvgIpc) is 2.77. The van der Waals surface area contributed by atoms with E-state index in [9.17, 15) is 0 Å². The Hall–Kier alpha value is -0.812. The summed E-state index contributed by atoms with van der Waals surface area (Å²) >= 11 is 0.333. The van der Waals surface area contributed by atoms with Gasteiger partial charge in [-0.25, -0.2) is 0 Å². The second-order valence-corrected chi connectivity index (χ2v) is 4.62. The third-order valence-electron chi connectivity index (χ3n) is 3.73. The molecular weight excluding hydrogens is 448 g/mol. The Labute approximate surface area is 146 Å². The molecule has 2 N–H and O–H groups in total. The van der Waals surface area contributed by atoms with Crippen LogP contribution >= 0.6 is 0 Å². The Kier molecular flexibility index (Phi) is 14.7. The predicted molar refractivity (Wildman–Crippen MR) is 83.2 cm³/mol. The van der Waals surface area contributed by atoms with Gasteiger partial charge in [0.25, 0.3) is 0 Å². The molecule has 0 bridgehead atoms. The molecule has 0 saturated heterocycles. The van der Waals surface area contributed by atoms with Crippen molar-refractivity contribution in [1.29, 1.82) is 0 Å². The molecule has 0 aromatic heterocycles. The fourth-order valence-corrected chi connectivity index (χ4v) is 1.93. The molecule has 0 spiro atoms. The van der Waals surface area contributed by atoms with Gasteiger partial charge in [-0.3, -0.25) is 16.4 Å². The maximum absolute atomic E-state index is 8.33. The number of benzene rings is 1. The second kappa shape index (κ2) is 13.8. The normalized spacial score (nSPS) is 16.3. The van der Waals surface area contributed by atoms with Crippen LogP contribution in [-0.2, 0) is 23.2 Å². The molecule has 1 aromatic carbocycles. The van der Waals surface area contributed by atoms with Crippen molar-refractivity contribution in [3.63, 3.8) is 0 Å². The van der Waals surface area contributed by atoms with E-state index in [0.29, 0.717) is 19.8 Å². The molecule has 1 aliphatic carbocycles. The van der Waals surface area contributed by atoms with Gasteiger partial charge in [-0.1, -0.05) is 52.8 Å². The zero-order chi connectivity index (χ0) is 17.7. The SMILES string of the molecule is C[C]1[C](C)[C](C)[C](C)[C]1C.OO.[C-]#Cc1ccccc1.[O]=[W].